The molecule has 8 heteroatoms. The Balaban J connectivity index is 1.87. The van der Waals surface area contributed by atoms with E-state index in [9.17, 15) is 9.59 Å². The molecule has 1 aliphatic rings. The van der Waals surface area contributed by atoms with E-state index >= 15 is 0 Å². The molecular formula is C19H27N5O3. The Hall–Kier alpha value is -2.48. The second kappa shape index (κ2) is 8.47. The van der Waals surface area contributed by atoms with Crippen molar-refractivity contribution < 1.29 is 9.53 Å². The van der Waals surface area contributed by atoms with Gasteiger partial charge in [0.25, 0.3) is 5.56 Å². The van der Waals surface area contributed by atoms with Crippen LogP contribution in [-0.2, 0) is 22.5 Å². The Morgan fingerprint density at radius 1 is 1.37 bits per heavy atom. The first kappa shape index (κ1) is 19.3. The molecule has 0 aromatic carbocycles. The van der Waals surface area contributed by atoms with Gasteiger partial charge in [0.2, 0.25) is 11.9 Å². The monoisotopic (exact) mass is 373 g/mol. The standard InChI is InChI=1S/C19H27N5O3/c1-4-6-15-10-18(26)23(12-17(25)20-11-16-7-5-8-27-16)19(21-15)24-14(3)9-13(2)22-24/h9-10,16H,4-8,11-12H2,1-3H3,(H,20,25)/t16-/m0/s1. The number of aryl methyl sites for hydroxylation is 3. The van der Waals surface area contributed by atoms with Crippen molar-refractivity contribution in [3.05, 3.63) is 39.6 Å². The average Bonchev–Trinajstić information content (AvgIpc) is 3.25. The van der Waals surface area contributed by atoms with Crippen molar-refractivity contribution in [3.63, 3.8) is 0 Å². The molecule has 2 aromatic heterocycles. The number of aromatic nitrogens is 4. The van der Waals surface area contributed by atoms with Crippen LogP contribution < -0.4 is 10.9 Å². The molecule has 0 spiro atoms. The van der Waals surface area contributed by atoms with Crippen LogP contribution in [0, 0.1) is 13.8 Å². The van der Waals surface area contributed by atoms with Crippen LogP contribution in [0.4, 0.5) is 0 Å². The molecule has 3 heterocycles. The van der Waals surface area contributed by atoms with Crippen molar-refractivity contribution in [1.82, 2.24) is 24.6 Å². The summed E-state index contributed by atoms with van der Waals surface area (Å²) in [6.07, 6.45) is 3.61. The number of carbonyl (C=O) groups is 1. The van der Waals surface area contributed by atoms with Gasteiger partial charge < -0.3 is 10.1 Å². The number of nitrogens with one attached hydrogen (secondary N) is 1. The molecule has 1 N–H and O–H groups in total. The Kier molecular flexibility index (Phi) is 6.05. The molecule has 0 saturated carbocycles. The van der Waals surface area contributed by atoms with Gasteiger partial charge in [-0.1, -0.05) is 13.3 Å². The zero-order valence-electron chi connectivity index (χ0n) is 16.2. The van der Waals surface area contributed by atoms with Crippen LogP contribution in [-0.4, -0.2) is 44.5 Å². The molecule has 0 bridgehead atoms. The van der Waals surface area contributed by atoms with Crippen LogP contribution in [0.25, 0.3) is 5.95 Å². The second-order valence-corrected chi connectivity index (χ2v) is 7.00. The van der Waals surface area contributed by atoms with Crippen LogP contribution in [0.1, 0.15) is 43.3 Å². The molecular weight excluding hydrogens is 346 g/mol. The highest BCUT2D eigenvalue weighted by molar-refractivity contribution is 5.75. The predicted octanol–water partition coefficient (Wildman–Crippen LogP) is 1.29. The number of ether oxygens (including phenoxy) is 1. The van der Waals surface area contributed by atoms with E-state index < -0.39 is 0 Å². The summed E-state index contributed by atoms with van der Waals surface area (Å²) in [7, 11) is 0. The summed E-state index contributed by atoms with van der Waals surface area (Å²) in [6.45, 7) is 6.93. The van der Waals surface area contributed by atoms with E-state index in [1.54, 1.807) is 4.68 Å². The fourth-order valence-corrected chi connectivity index (χ4v) is 3.30. The Morgan fingerprint density at radius 3 is 2.81 bits per heavy atom. The maximum absolute atomic E-state index is 12.7. The highest BCUT2D eigenvalue weighted by Crippen LogP contribution is 2.12. The lowest BCUT2D eigenvalue weighted by Gasteiger charge is -2.15. The molecule has 1 aliphatic heterocycles. The summed E-state index contributed by atoms with van der Waals surface area (Å²) in [4.78, 5) is 29.7. The number of amides is 1. The van der Waals surface area contributed by atoms with Gasteiger partial charge in [0, 0.05) is 30.6 Å². The second-order valence-electron chi connectivity index (χ2n) is 7.00. The lowest BCUT2D eigenvalue weighted by molar-refractivity contribution is -0.122. The molecule has 1 amide bonds. The molecule has 27 heavy (non-hydrogen) atoms. The van der Waals surface area contributed by atoms with Gasteiger partial charge in [0.15, 0.2) is 0 Å². The summed E-state index contributed by atoms with van der Waals surface area (Å²) in [6, 6.07) is 3.42. The maximum atomic E-state index is 12.7. The lowest BCUT2D eigenvalue weighted by atomic mass is 10.2. The average molecular weight is 373 g/mol. The minimum absolute atomic E-state index is 0.0613. The van der Waals surface area contributed by atoms with Crippen molar-refractivity contribution in [2.24, 2.45) is 0 Å². The highest BCUT2D eigenvalue weighted by Gasteiger charge is 2.19. The molecule has 0 aliphatic carbocycles. The van der Waals surface area contributed by atoms with Crippen molar-refractivity contribution in [2.75, 3.05) is 13.2 Å². The van der Waals surface area contributed by atoms with E-state index in [1.165, 1.54) is 10.6 Å². The number of hydrogen-bond donors (Lipinski definition) is 1. The number of carbonyl (C=O) groups excluding carboxylic acids is 1. The molecule has 1 fully saturated rings. The number of rotatable bonds is 7. The van der Waals surface area contributed by atoms with Gasteiger partial charge in [-0.3, -0.25) is 14.2 Å². The first-order valence-corrected chi connectivity index (χ1v) is 9.50. The van der Waals surface area contributed by atoms with Crippen LogP contribution in [0.15, 0.2) is 16.9 Å². The van der Waals surface area contributed by atoms with E-state index in [-0.39, 0.29) is 24.1 Å². The van der Waals surface area contributed by atoms with Gasteiger partial charge in [-0.15, -0.1) is 0 Å². The molecule has 0 radical (unpaired) electrons. The Morgan fingerprint density at radius 2 is 2.19 bits per heavy atom. The molecule has 0 unspecified atom stereocenters. The zero-order valence-corrected chi connectivity index (χ0v) is 16.2. The molecule has 146 valence electrons. The smallest absolute Gasteiger partial charge is 0.255 e. The zero-order chi connectivity index (χ0) is 19.4. The Bertz CT molecular complexity index is 865. The Labute approximate surface area is 158 Å². The van der Waals surface area contributed by atoms with Gasteiger partial charge in [0.1, 0.15) is 6.54 Å². The van der Waals surface area contributed by atoms with E-state index in [0.717, 1.165) is 37.3 Å². The van der Waals surface area contributed by atoms with E-state index in [4.69, 9.17) is 4.74 Å². The van der Waals surface area contributed by atoms with Gasteiger partial charge in [-0.2, -0.15) is 5.10 Å². The van der Waals surface area contributed by atoms with E-state index in [2.05, 4.69) is 15.4 Å². The highest BCUT2D eigenvalue weighted by atomic mass is 16.5. The predicted molar refractivity (Wildman–Crippen MR) is 101 cm³/mol. The summed E-state index contributed by atoms with van der Waals surface area (Å²) < 4.78 is 8.53. The third kappa shape index (κ3) is 4.63. The quantitative estimate of drug-likeness (QED) is 0.790. The lowest BCUT2D eigenvalue weighted by Crippen LogP contribution is -2.38. The third-order valence-electron chi connectivity index (χ3n) is 4.60. The molecule has 1 atom stereocenters. The molecule has 1 saturated heterocycles. The SMILES string of the molecule is CCCc1cc(=O)n(CC(=O)NC[C@@H]2CCCO2)c(-n2nc(C)cc2C)n1. The van der Waals surface area contributed by atoms with Gasteiger partial charge in [-0.05, 0) is 39.2 Å². The van der Waals surface area contributed by atoms with Crippen molar-refractivity contribution in [3.8, 4) is 5.95 Å². The van der Waals surface area contributed by atoms with Crippen LogP contribution in [0.5, 0.6) is 0 Å². The normalized spacial score (nSPS) is 16.6. The summed E-state index contributed by atoms with van der Waals surface area (Å²) in [5.41, 5.74) is 2.16. The minimum atomic E-state index is -0.247. The van der Waals surface area contributed by atoms with E-state index in [0.29, 0.717) is 24.6 Å². The van der Waals surface area contributed by atoms with Gasteiger partial charge in [0.05, 0.1) is 11.8 Å². The third-order valence-corrected chi connectivity index (χ3v) is 4.60. The van der Waals surface area contributed by atoms with Crippen molar-refractivity contribution >= 4 is 5.91 Å². The first-order chi connectivity index (χ1) is 13.0. The van der Waals surface area contributed by atoms with Crippen molar-refractivity contribution in [2.45, 2.75) is 59.1 Å². The largest absolute Gasteiger partial charge is 0.376 e. The topological polar surface area (TPSA) is 91.0 Å². The fourth-order valence-electron chi connectivity index (χ4n) is 3.30. The molecule has 8 nitrogen and oxygen atoms in total. The fraction of sp³-hybridized carbons (Fsp3) is 0.579. The molecule has 3 rings (SSSR count). The summed E-state index contributed by atoms with van der Waals surface area (Å²) in [5, 5.41) is 7.30. The minimum Gasteiger partial charge on any atom is -0.376 e. The van der Waals surface area contributed by atoms with Gasteiger partial charge in [-0.25, -0.2) is 9.67 Å². The van der Waals surface area contributed by atoms with E-state index in [1.807, 2.05) is 26.8 Å². The van der Waals surface area contributed by atoms with Crippen LogP contribution >= 0.6 is 0 Å². The van der Waals surface area contributed by atoms with Crippen LogP contribution in [0.2, 0.25) is 0 Å². The molecule has 2 aromatic rings. The number of nitrogens with zero attached hydrogens (tertiary/aromatic N) is 4. The summed E-state index contributed by atoms with van der Waals surface area (Å²) in [5.74, 6) is 0.143. The first-order valence-electron chi connectivity index (χ1n) is 9.50. The number of hydrogen-bond acceptors (Lipinski definition) is 5. The van der Waals surface area contributed by atoms with Gasteiger partial charge >= 0.3 is 0 Å². The van der Waals surface area contributed by atoms with Crippen molar-refractivity contribution in [1.29, 1.82) is 0 Å². The maximum Gasteiger partial charge on any atom is 0.255 e. The van der Waals surface area contributed by atoms with Crippen LogP contribution in [0.3, 0.4) is 0 Å². The summed E-state index contributed by atoms with van der Waals surface area (Å²) >= 11 is 0.